The molecule has 0 N–H and O–H groups in total. The Morgan fingerprint density at radius 2 is 1.48 bits per heavy atom. The van der Waals surface area contributed by atoms with Crippen LogP contribution in [-0.2, 0) is 0 Å². The number of carbonyl (C=O) groups is 2. The van der Waals surface area contributed by atoms with Gasteiger partial charge in [0.1, 0.15) is 22.7 Å². The molecule has 0 atom stereocenters. The van der Waals surface area contributed by atoms with E-state index in [9.17, 15) is 9.59 Å². The van der Waals surface area contributed by atoms with Crippen molar-refractivity contribution in [3.63, 3.8) is 0 Å². The first kappa shape index (κ1) is 20.6. The van der Waals surface area contributed by atoms with Gasteiger partial charge in [-0.2, -0.15) is 0 Å². The maximum Gasteiger partial charge on any atom is 0.168 e. The molecular formula is C23H18BrN5O2. The maximum absolute atomic E-state index is 10.9. The van der Waals surface area contributed by atoms with Crippen LogP contribution in [0.5, 0.6) is 0 Å². The van der Waals surface area contributed by atoms with Crippen molar-refractivity contribution in [3.8, 4) is 11.1 Å². The van der Waals surface area contributed by atoms with Gasteiger partial charge in [0.25, 0.3) is 0 Å². The molecule has 5 aromatic rings. The lowest BCUT2D eigenvalue weighted by molar-refractivity contribution is 0.111. The number of carbonyl (C=O) groups excluding carboxylic acids is 2. The Kier molecular flexibility index (Phi) is 5.73. The zero-order valence-electron chi connectivity index (χ0n) is 16.9. The van der Waals surface area contributed by atoms with Crippen LogP contribution < -0.4 is 0 Å². The van der Waals surface area contributed by atoms with Crippen LogP contribution in [0.1, 0.15) is 32.1 Å². The largest absolute Gasteiger partial charge is 0.297 e. The molecule has 0 aromatic carbocycles. The summed E-state index contributed by atoms with van der Waals surface area (Å²) < 4.78 is 4.52. The minimum atomic E-state index is 0.551. The van der Waals surface area contributed by atoms with Crippen molar-refractivity contribution < 1.29 is 9.59 Å². The van der Waals surface area contributed by atoms with Crippen LogP contribution in [0, 0.1) is 13.8 Å². The minimum Gasteiger partial charge on any atom is -0.297 e. The number of hydrogen-bond acceptors (Lipinski definition) is 5. The second-order valence-corrected chi connectivity index (χ2v) is 7.83. The van der Waals surface area contributed by atoms with Crippen molar-refractivity contribution in [2.24, 2.45) is 0 Å². The van der Waals surface area contributed by atoms with Gasteiger partial charge in [0, 0.05) is 40.4 Å². The third-order valence-corrected chi connectivity index (χ3v) is 5.75. The summed E-state index contributed by atoms with van der Waals surface area (Å²) in [5.41, 5.74) is 6.99. The first-order chi connectivity index (χ1) is 15.0. The summed E-state index contributed by atoms with van der Waals surface area (Å²) in [7, 11) is 0. The van der Waals surface area contributed by atoms with Gasteiger partial charge in [0.05, 0.1) is 12.4 Å². The van der Waals surface area contributed by atoms with E-state index in [0.29, 0.717) is 11.4 Å². The van der Waals surface area contributed by atoms with Crippen LogP contribution in [0.15, 0.2) is 65.9 Å². The van der Waals surface area contributed by atoms with E-state index in [-0.39, 0.29) is 0 Å². The van der Waals surface area contributed by atoms with E-state index in [4.69, 9.17) is 0 Å². The van der Waals surface area contributed by atoms with Gasteiger partial charge in [0.15, 0.2) is 12.6 Å². The van der Waals surface area contributed by atoms with Crippen molar-refractivity contribution in [1.29, 1.82) is 0 Å². The molecule has 5 heterocycles. The van der Waals surface area contributed by atoms with E-state index in [1.54, 1.807) is 27.4 Å². The Balaban J connectivity index is 0.000000158. The van der Waals surface area contributed by atoms with Crippen molar-refractivity contribution in [2.45, 2.75) is 13.8 Å². The molecule has 0 fully saturated rings. The number of aryl methyl sites for hydroxylation is 2. The fourth-order valence-corrected chi connectivity index (χ4v) is 3.57. The molecule has 0 bridgehead atoms. The molecule has 0 aliphatic rings. The van der Waals surface area contributed by atoms with Crippen molar-refractivity contribution >= 4 is 39.8 Å². The highest BCUT2D eigenvalue weighted by Gasteiger charge is 2.08. The highest BCUT2D eigenvalue weighted by atomic mass is 79.9. The average Bonchev–Trinajstić information content (AvgIpc) is 3.37. The fourth-order valence-electron chi connectivity index (χ4n) is 3.25. The smallest absolute Gasteiger partial charge is 0.168 e. The lowest BCUT2D eigenvalue weighted by atomic mass is 10.1. The second-order valence-electron chi connectivity index (χ2n) is 6.97. The molecule has 31 heavy (non-hydrogen) atoms. The van der Waals surface area contributed by atoms with Gasteiger partial charge < -0.3 is 0 Å². The maximum atomic E-state index is 10.9. The molecular weight excluding hydrogens is 458 g/mol. The summed E-state index contributed by atoms with van der Waals surface area (Å²) in [6.45, 7) is 4.01. The SMILES string of the molecule is Cc1cc2ncc(C=O)n2cc1-c1cccnc1.Cc1cc2ncc(C=O)n2cc1Br. The van der Waals surface area contributed by atoms with Gasteiger partial charge in [-0.15, -0.1) is 0 Å². The van der Waals surface area contributed by atoms with Crippen molar-refractivity contribution in [3.05, 3.63) is 88.4 Å². The highest BCUT2D eigenvalue weighted by Crippen LogP contribution is 2.24. The third kappa shape index (κ3) is 4.02. The first-order valence-electron chi connectivity index (χ1n) is 9.43. The summed E-state index contributed by atoms with van der Waals surface area (Å²) in [4.78, 5) is 34.0. The lowest BCUT2D eigenvalue weighted by Gasteiger charge is -2.07. The summed E-state index contributed by atoms with van der Waals surface area (Å²) in [6.07, 6.45) is 12.1. The van der Waals surface area contributed by atoms with Crippen LogP contribution in [0.25, 0.3) is 22.4 Å². The molecule has 0 radical (unpaired) electrons. The molecule has 0 aliphatic carbocycles. The number of pyridine rings is 3. The molecule has 0 spiro atoms. The molecule has 0 saturated heterocycles. The molecule has 5 rings (SSSR count). The van der Waals surface area contributed by atoms with Gasteiger partial charge in [-0.1, -0.05) is 6.07 Å². The van der Waals surface area contributed by atoms with E-state index in [0.717, 1.165) is 50.6 Å². The lowest BCUT2D eigenvalue weighted by Crippen LogP contribution is -1.94. The molecule has 7 nitrogen and oxygen atoms in total. The van der Waals surface area contributed by atoms with Crippen molar-refractivity contribution in [1.82, 2.24) is 23.8 Å². The minimum absolute atomic E-state index is 0.551. The van der Waals surface area contributed by atoms with E-state index in [1.807, 2.05) is 56.7 Å². The Labute approximate surface area is 186 Å². The predicted octanol–water partition coefficient (Wildman–Crippen LogP) is 4.73. The van der Waals surface area contributed by atoms with Crippen LogP contribution in [0.3, 0.4) is 0 Å². The Morgan fingerprint density at radius 3 is 2.06 bits per heavy atom. The molecule has 0 aliphatic heterocycles. The van der Waals surface area contributed by atoms with E-state index in [2.05, 4.69) is 30.9 Å². The zero-order chi connectivity index (χ0) is 22.0. The number of halogens is 1. The Morgan fingerprint density at radius 1 is 0.871 bits per heavy atom. The zero-order valence-corrected chi connectivity index (χ0v) is 18.4. The quantitative estimate of drug-likeness (QED) is 0.352. The molecule has 5 aromatic heterocycles. The number of fused-ring (bicyclic) bond motifs is 2. The first-order valence-corrected chi connectivity index (χ1v) is 10.2. The third-order valence-electron chi connectivity index (χ3n) is 4.92. The predicted molar refractivity (Wildman–Crippen MR) is 122 cm³/mol. The Hall–Kier alpha value is -3.65. The normalized spacial score (nSPS) is 10.7. The van der Waals surface area contributed by atoms with Crippen LogP contribution in [0.4, 0.5) is 0 Å². The van der Waals surface area contributed by atoms with Gasteiger partial charge in [-0.05, 0) is 59.1 Å². The van der Waals surface area contributed by atoms with E-state index in [1.165, 1.54) is 0 Å². The van der Waals surface area contributed by atoms with Gasteiger partial charge in [-0.25, -0.2) is 9.97 Å². The average molecular weight is 476 g/mol. The summed E-state index contributed by atoms with van der Waals surface area (Å²) in [5.74, 6) is 0. The van der Waals surface area contributed by atoms with Gasteiger partial charge in [0.2, 0.25) is 0 Å². The number of rotatable bonds is 3. The second kappa shape index (κ2) is 8.61. The van der Waals surface area contributed by atoms with Crippen LogP contribution >= 0.6 is 15.9 Å². The molecule has 0 unspecified atom stereocenters. The van der Waals surface area contributed by atoms with Crippen LogP contribution in [0.2, 0.25) is 0 Å². The number of nitrogens with zero attached hydrogens (tertiary/aromatic N) is 5. The van der Waals surface area contributed by atoms with Crippen LogP contribution in [-0.4, -0.2) is 36.3 Å². The summed E-state index contributed by atoms with van der Waals surface area (Å²) in [5, 5.41) is 0. The molecule has 8 heteroatoms. The number of imidazole rings is 2. The van der Waals surface area contributed by atoms with E-state index >= 15 is 0 Å². The molecule has 154 valence electrons. The summed E-state index contributed by atoms with van der Waals surface area (Å²) in [6, 6.07) is 7.79. The Bertz CT molecular complexity index is 1410. The topological polar surface area (TPSA) is 81.6 Å². The molecule has 0 amide bonds. The number of hydrogen-bond donors (Lipinski definition) is 0. The number of aldehydes is 2. The number of aromatic nitrogens is 5. The van der Waals surface area contributed by atoms with Gasteiger partial charge >= 0.3 is 0 Å². The van der Waals surface area contributed by atoms with Crippen molar-refractivity contribution in [2.75, 3.05) is 0 Å². The van der Waals surface area contributed by atoms with E-state index < -0.39 is 0 Å². The highest BCUT2D eigenvalue weighted by molar-refractivity contribution is 9.10. The van der Waals surface area contributed by atoms with Gasteiger partial charge in [-0.3, -0.25) is 23.4 Å². The monoisotopic (exact) mass is 475 g/mol. The summed E-state index contributed by atoms with van der Waals surface area (Å²) >= 11 is 3.40. The fraction of sp³-hybridized carbons (Fsp3) is 0.0870. The standard InChI is InChI=1S/C14H11N3O.C9H7BrN2O/c1-10-5-14-16-7-12(9-18)17(14)8-13(10)11-3-2-4-15-6-11;1-6-2-9-11-3-7(5-13)12(9)4-8(6)10/h2-9H,1H3;2-5H,1H3. The molecule has 0 saturated carbocycles.